The van der Waals surface area contributed by atoms with Gasteiger partial charge in [-0.05, 0) is 30.3 Å². The Hall–Kier alpha value is -3.81. The molecule has 0 atom stereocenters. The predicted molar refractivity (Wildman–Crippen MR) is 102 cm³/mol. The fraction of sp³-hybridized carbons (Fsp3) is 0.105. The van der Waals surface area contributed by atoms with Crippen LogP contribution in [0, 0.1) is 0 Å². The summed E-state index contributed by atoms with van der Waals surface area (Å²) in [5.74, 6) is 1.15. The number of nitrogens with zero attached hydrogens (tertiary/aromatic N) is 3. The maximum absolute atomic E-state index is 11.4. The predicted octanol–water partition coefficient (Wildman–Crippen LogP) is 2.16. The number of hydrogen-bond acceptors (Lipinski definition) is 6. The number of nitrogen functional groups attached to an aromatic ring is 1. The molecule has 0 bridgehead atoms. The molecule has 3 aromatic rings. The van der Waals surface area contributed by atoms with E-state index in [4.69, 9.17) is 20.9 Å². The molecule has 2 heterocycles. The zero-order chi connectivity index (χ0) is 19.4. The van der Waals surface area contributed by atoms with Crippen LogP contribution in [0.1, 0.15) is 21.7 Å². The summed E-state index contributed by atoms with van der Waals surface area (Å²) in [6.45, 7) is 3.81. The van der Waals surface area contributed by atoms with Gasteiger partial charge in [0.2, 0.25) is 5.91 Å². The van der Waals surface area contributed by atoms with Crippen molar-refractivity contribution in [3.63, 3.8) is 0 Å². The van der Waals surface area contributed by atoms with Gasteiger partial charge in [-0.2, -0.15) is 0 Å². The number of nitrogens with two attached hydrogens (primary N) is 2. The standard InChI is InChI=1S/C19H19N5O3/c1-3-4-16(14-7-6-13(26-2)9-15(14)20)27-11-18-23-22-17-8-5-12(19(21)25)10-24(17)18/h3-10H,1,11,20H2,2H3,(H2,21,25)/b16-4+. The number of anilines is 1. The number of amides is 1. The Bertz CT molecular complexity index is 1040. The van der Waals surface area contributed by atoms with Crippen molar-refractivity contribution in [3.8, 4) is 5.75 Å². The third-order valence-corrected chi connectivity index (χ3v) is 3.91. The summed E-state index contributed by atoms with van der Waals surface area (Å²) in [6, 6.07) is 8.56. The molecule has 4 N–H and O–H groups in total. The smallest absolute Gasteiger partial charge is 0.250 e. The molecule has 27 heavy (non-hydrogen) atoms. The van der Waals surface area contributed by atoms with Crippen LogP contribution in [0.4, 0.5) is 5.69 Å². The summed E-state index contributed by atoms with van der Waals surface area (Å²) in [6.07, 6.45) is 4.89. The Morgan fingerprint density at radius 1 is 1.30 bits per heavy atom. The lowest BCUT2D eigenvalue weighted by molar-refractivity contribution is 0.1000. The van der Waals surface area contributed by atoms with Gasteiger partial charge in [0, 0.05) is 23.5 Å². The molecule has 2 aromatic heterocycles. The fourth-order valence-corrected chi connectivity index (χ4v) is 2.54. The molecule has 0 fully saturated rings. The number of carbonyl (C=O) groups excluding carboxylic acids is 1. The molecule has 1 aromatic carbocycles. The van der Waals surface area contributed by atoms with Gasteiger partial charge >= 0.3 is 0 Å². The topological polar surface area (TPSA) is 118 Å². The Morgan fingerprint density at radius 3 is 2.78 bits per heavy atom. The summed E-state index contributed by atoms with van der Waals surface area (Å²) in [5, 5.41) is 8.16. The Kier molecular flexibility index (Phi) is 5.07. The zero-order valence-electron chi connectivity index (χ0n) is 14.8. The minimum absolute atomic E-state index is 0.106. The molecule has 0 aliphatic carbocycles. The highest BCUT2D eigenvalue weighted by Gasteiger charge is 2.12. The van der Waals surface area contributed by atoms with E-state index in [1.807, 2.05) is 0 Å². The second-order valence-electron chi connectivity index (χ2n) is 5.63. The number of ether oxygens (including phenoxy) is 2. The number of primary amides is 1. The lowest BCUT2D eigenvalue weighted by Crippen LogP contribution is -2.12. The minimum atomic E-state index is -0.532. The summed E-state index contributed by atoms with van der Waals surface area (Å²) in [4.78, 5) is 11.4. The van der Waals surface area contributed by atoms with E-state index in [1.165, 1.54) is 0 Å². The number of benzene rings is 1. The number of aromatic nitrogens is 3. The zero-order valence-corrected chi connectivity index (χ0v) is 14.8. The van der Waals surface area contributed by atoms with Crippen LogP contribution in [0.15, 0.2) is 55.3 Å². The molecule has 8 nitrogen and oxygen atoms in total. The van der Waals surface area contributed by atoms with Crippen LogP contribution in [-0.4, -0.2) is 27.6 Å². The summed E-state index contributed by atoms with van der Waals surface area (Å²) in [7, 11) is 1.57. The average Bonchev–Trinajstić information content (AvgIpc) is 3.07. The van der Waals surface area contributed by atoms with Crippen LogP contribution < -0.4 is 16.2 Å². The normalized spacial score (nSPS) is 11.4. The van der Waals surface area contributed by atoms with Gasteiger partial charge in [0.15, 0.2) is 11.5 Å². The van der Waals surface area contributed by atoms with E-state index in [0.29, 0.717) is 39.8 Å². The number of hydrogen-bond donors (Lipinski definition) is 2. The van der Waals surface area contributed by atoms with Crippen molar-refractivity contribution in [3.05, 3.63) is 72.2 Å². The first-order chi connectivity index (χ1) is 13.0. The third kappa shape index (κ3) is 3.74. The molecule has 3 rings (SSSR count). The third-order valence-electron chi connectivity index (χ3n) is 3.91. The largest absolute Gasteiger partial charge is 0.497 e. The lowest BCUT2D eigenvalue weighted by Gasteiger charge is -2.13. The molecule has 0 aliphatic heterocycles. The number of carbonyl (C=O) groups is 1. The molecule has 1 amide bonds. The minimum Gasteiger partial charge on any atom is -0.497 e. The van der Waals surface area contributed by atoms with Crippen molar-refractivity contribution >= 4 is 23.0 Å². The molecular formula is C19H19N5O3. The van der Waals surface area contributed by atoms with Crippen molar-refractivity contribution in [1.29, 1.82) is 0 Å². The second kappa shape index (κ2) is 7.61. The second-order valence-corrected chi connectivity index (χ2v) is 5.63. The Labute approximate surface area is 155 Å². The fourth-order valence-electron chi connectivity index (χ4n) is 2.54. The maximum atomic E-state index is 11.4. The lowest BCUT2D eigenvalue weighted by atomic mass is 10.1. The van der Waals surface area contributed by atoms with Crippen LogP contribution in [0.25, 0.3) is 11.4 Å². The molecule has 0 saturated carbocycles. The number of allylic oxidation sites excluding steroid dienone is 2. The highest BCUT2D eigenvalue weighted by molar-refractivity contribution is 5.92. The molecule has 0 radical (unpaired) electrons. The molecule has 8 heteroatoms. The molecule has 0 saturated heterocycles. The quantitative estimate of drug-likeness (QED) is 0.376. The van der Waals surface area contributed by atoms with Gasteiger partial charge in [-0.3, -0.25) is 9.20 Å². The SMILES string of the molecule is C=C/C=C(/OCc1nnc2ccc(C(N)=O)cn12)c1ccc(OC)cc1N. The van der Waals surface area contributed by atoms with Crippen molar-refractivity contribution < 1.29 is 14.3 Å². The van der Waals surface area contributed by atoms with E-state index in [9.17, 15) is 4.79 Å². The van der Waals surface area contributed by atoms with Gasteiger partial charge in [0.05, 0.1) is 12.7 Å². The van der Waals surface area contributed by atoms with E-state index < -0.39 is 5.91 Å². The van der Waals surface area contributed by atoms with Gasteiger partial charge in [-0.1, -0.05) is 12.7 Å². The number of rotatable bonds is 7. The summed E-state index contributed by atoms with van der Waals surface area (Å²) < 4.78 is 12.7. The van der Waals surface area contributed by atoms with Crippen molar-refractivity contribution in [2.75, 3.05) is 12.8 Å². The van der Waals surface area contributed by atoms with Gasteiger partial charge in [-0.15, -0.1) is 10.2 Å². The Balaban J connectivity index is 1.88. The first-order valence-corrected chi connectivity index (χ1v) is 8.06. The van der Waals surface area contributed by atoms with E-state index in [0.717, 1.165) is 0 Å². The molecule has 0 spiro atoms. The molecule has 138 valence electrons. The monoisotopic (exact) mass is 365 g/mol. The Morgan fingerprint density at radius 2 is 2.11 bits per heavy atom. The summed E-state index contributed by atoms with van der Waals surface area (Å²) in [5.41, 5.74) is 13.6. The van der Waals surface area contributed by atoms with Gasteiger partial charge < -0.3 is 20.9 Å². The van der Waals surface area contributed by atoms with E-state index in [-0.39, 0.29) is 6.61 Å². The first kappa shape index (κ1) is 18.0. The van der Waals surface area contributed by atoms with Gasteiger partial charge in [0.25, 0.3) is 0 Å². The van der Waals surface area contributed by atoms with Gasteiger partial charge in [-0.25, -0.2) is 0 Å². The highest BCUT2D eigenvalue weighted by atomic mass is 16.5. The number of methoxy groups -OCH3 is 1. The van der Waals surface area contributed by atoms with Crippen molar-refractivity contribution in [2.24, 2.45) is 5.73 Å². The molecule has 0 aliphatic rings. The molecule has 0 unspecified atom stereocenters. The van der Waals surface area contributed by atoms with Crippen LogP contribution in [0.5, 0.6) is 5.75 Å². The number of pyridine rings is 1. The van der Waals surface area contributed by atoms with Gasteiger partial charge in [0.1, 0.15) is 18.1 Å². The van der Waals surface area contributed by atoms with E-state index in [1.54, 1.807) is 60.2 Å². The maximum Gasteiger partial charge on any atom is 0.250 e. The van der Waals surface area contributed by atoms with Crippen LogP contribution in [0.3, 0.4) is 0 Å². The highest BCUT2D eigenvalue weighted by Crippen LogP contribution is 2.27. The van der Waals surface area contributed by atoms with Crippen molar-refractivity contribution in [1.82, 2.24) is 14.6 Å². The van der Waals surface area contributed by atoms with Crippen molar-refractivity contribution in [2.45, 2.75) is 6.61 Å². The molecular weight excluding hydrogens is 346 g/mol. The van der Waals surface area contributed by atoms with E-state index >= 15 is 0 Å². The van der Waals surface area contributed by atoms with Crippen LogP contribution in [0.2, 0.25) is 0 Å². The average molecular weight is 365 g/mol. The van der Waals surface area contributed by atoms with Crippen LogP contribution >= 0.6 is 0 Å². The number of fused-ring (bicyclic) bond motifs is 1. The van der Waals surface area contributed by atoms with Crippen LogP contribution in [-0.2, 0) is 11.3 Å². The first-order valence-electron chi connectivity index (χ1n) is 8.06. The van der Waals surface area contributed by atoms with E-state index in [2.05, 4.69) is 16.8 Å². The summed E-state index contributed by atoms with van der Waals surface area (Å²) >= 11 is 0.